The number of hydrogen-bond acceptors (Lipinski definition) is 1. The fourth-order valence-corrected chi connectivity index (χ4v) is 1.03. The van der Waals surface area contributed by atoms with Crippen molar-refractivity contribution in [2.75, 3.05) is 7.05 Å². The van der Waals surface area contributed by atoms with Gasteiger partial charge in [0.1, 0.15) is 0 Å². The van der Waals surface area contributed by atoms with E-state index in [1.165, 1.54) is 52.0 Å². The third-order valence-electron chi connectivity index (χ3n) is 1.71. The lowest BCUT2D eigenvalue weighted by atomic mass is 10.1. The van der Waals surface area contributed by atoms with Gasteiger partial charge in [0.2, 0.25) is 0 Å². The number of rotatable bonds is 6. The van der Waals surface area contributed by atoms with E-state index >= 15 is 0 Å². The molecule has 0 saturated heterocycles. The van der Waals surface area contributed by atoms with Gasteiger partial charge in [-0.3, -0.25) is 4.70 Å². The Morgan fingerprint density at radius 3 is 1.17 bits per heavy atom. The zero-order valence-electron chi connectivity index (χ0n) is 8.94. The van der Waals surface area contributed by atoms with E-state index in [9.17, 15) is 0 Å². The second-order valence-corrected chi connectivity index (χ2v) is 2.77. The van der Waals surface area contributed by atoms with E-state index < -0.39 is 0 Å². The molecular formula is C10H26FN. The molecule has 0 aromatic rings. The summed E-state index contributed by atoms with van der Waals surface area (Å²) in [5.41, 5.74) is 4.50. The van der Waals surface area contributed by atoms with Crippen molar-refractivity contribution in [3.05, 3.63) is 0 Å². The quantitative estimate of drug-likeness (QED) is 0.621. The van der Waals surface area contributed by atoms with Gasteiger partial charge in [-0.1, -0.05) is 58.8 Å². The molecule has 12 heavy (non-hydrogen) atoms. The predicted molar refractivity (Wildman–Crippen MR) is 56.3 cm³/mol. The van der Waals surface area contributed by atoms with Gasteiger partial charge in [0.05, 0.1) is 0 Å². The van der Waals surface area contributed by atoms with Gasteiger partial charge in [-0.2, -0.15) is 0 Å². The highest BCUT2D eigenvalue weighted by Crippen LogP contribution is 2.05. The van der Waals surface area contributed by atoms with Crippen LogP contribution in [-0.4, -0.2) is 7.05 Å². The van der Waals surface area contributed by atoms with Gasteiger partial charge in [0, 0.05) is 0 Å². The molecule has 2 N–H and O–H groups in total. The predicted octanol–water partition coefficient (Wildman–Crippen LogP) is 3.48. The van der Waals surface area contributed by atoms with E-state index in [0.29, 0.717) is 0 Å². The van der Waals surface area contributed by atoms with Crippen molar-refractivity contribution in [1.82, 2.24) is 0 Å². The molecule has 0 bridgehead atoms. The lowest BCUT2D eigenvalue weighted by Gasteiger charge is -1.96. The van der Waals surface area contributed by atoms with Crippen molar-refractivity contribution in [3.8, 4) is 0 Å². The standard InChI is InChI=1S/C9H20.CH5N.FH/c1-3-5-7-9-8-6-4-2;1-2;/h3-9H2,1-2H3;2H2,1H3;1H. The summed E-state index contributed by atoms with van der Waals surface area (Å²) in [4.78, 5) is 0. The minimum absolute atomic E-state index is 0. The molecule has 1 nitrogen and oxygen atoms in total. The average molecular weight is 179 g/mol. The first-order valence-corrected chi connectivity index (χ1v) is 4.99. The molecule has 0 aromatic heterocycles. The highest BCUT2D eigenvalue weighted by molar-refractivity contribution is 4.41. The van der Waals surface area contributed by atoms with Crippen molar-refractivity contribution in [2.24, 2.45) is 5.73 Å². The van der Waals surface area contributed by atoms with Crippen LogP contribution in [0, 0.1) is 0 Å². The number of nitrogens with two attached hydrogens (primary N) is 1. The average Bonchev–Trinajstić information content (AvgIpc) is 2.08. The Balaban J connectivity index is -0.000000249. The smallest absolute Gasteiger partial charge is 0.0195 e. The van der Waals surface area contributed by atoms with Crippen LogP contribution in [0.2, 0.25) is 0 Å². The molecule has 2 heteroatoms. The highest BCUT2D eigenvalue weighted by Gasteiger charge is 1.85. The van der Waals surface area contributed by atoms with Crippen LogP contribution < -0.4 is 5.73 Å². The summed E-state index contributed by atoms with van der Waals surface area (Å²) in [6.45, 7) is 4.53. The summed E-state index contributed by atoms with van der Waals surface area (Å²) < 4.78 is 0. The van der Waals surface area contributed by atoms with Gasteiger partial charge < -0.3 is 5.73 Å². The molecule has 0 amide bonds. The fraction of sp³-hybridized carbons (Fsp3) is 1.00. The van der Waals surface area contributed by atoms with Crippen LogP contribution in [0.1, 0.15) is 58.8 Å². The zero-order valence-corrected chi connectivity index (χ0v) is 8.94. The van der Waals surface area contributed by atoms with Gasteiger partial charge in [-0.15, -0.1) is 0 Å². The summed E-state index contributed by atoms with van der Waals surface area (Å²) in [5.74, 6) is 0. The van der Waals surface area contributed by atoms with Crippen LogP contribution in [0.15, 0.2) is 0 Å². The molecule has 0 radical (unpaired) electrons. The molecule has 0 fully saturated rings. The maximum absolute atomic E-state index is 4.50. The van der Waals surface area contributed by atoms with Crippen molar-refractivity contribution in [3.63, 3.8) is 0 Å². The summed E-state index contributed by atoms with van der Waals surface area (Å²) in [5, 5.41) is 0. The topological polar surface area (TPSA) is 26.0 Å². The SMILES string of the molecule is CCCCCCCCC.CN.F. The van der Waals surface area contributed by atoms with Gasteiger partial charge in [-0.05, 0) is 7.05 Å². The highest BCUT2D eigenvalue weighted by atomic mass is 19.0. The van der Waals surface area contributed by atoms with Crippen LogP contribution in [0.3, 0.4) is 0 Å². The van der Waals surface area contributed by atoms with Crippen molar-refractivity contribution in [1.29, 1.82) is 0 Å². The van der Waals surface area contributed by atoms with E-state index in [2.05, 4.69) is 19.6 Å². The van der Waals surface area contributed by atoms with Crippen molar-refractivity contribution < 1.29 is 4.70 Å². The first kappa shape index (κ1) is 17.8. The molecule has 0 atom stereocenters. The van der Waals surface area contributed by atoms with Gasteiger partial charge in [0.15, 0.2) is 0 Å². The summed E-state index contributed by atoms with van der Waals surface area (Å²) in [6, 6.07) is 0. The largest absolute Gasteiger partial charge is 0.333 e. The van der Waals surface area contributed by atoms with Gasteiger partial charge in [0.25, 0.3) is 0 Å². The first-order chi connectivity index (χ1) is 5.41. The molecular weight excluding hydrogens is 153 g/mol. The van der Waals surface area contributed by atoms with E-state index in [1.54, 1.807) is 0 Å². The van der Waals surface area contributed by atoms with Crippen LogP contribution in [0.4, 0.5) is 4.70 Å². The Labute approximate surface area is 77.1 Å². The lowest BCUT2D eigenvalue weighted by Crippen LogP contribution is -1.76. The minimum Gasteiger partial charge on any atom is -0.333 e. The molecule has 0 saturated carbocycles. The van der Waals surface area contributed by atoms with E-state index in [4.69, 9.17) is 0 Å². The number of unbranched alkanes of at least 4 members (excludes halogenated alkanes) is 6. The van der Waals surface area contributed by atoms with Crippen LogP contribution in [0.5, 0.6) is 0 Å². The molecule has 0 aliphatic carbocycles. The summed E-state index contributed by atoms with van der Waals surface area (Å²) >= 11 is 0. The first-order valence-electron chi connectivity index (χ1n) is 4.99. The Bertz CT molecular complexity index is 43.1. The fourth-order valence-electron chi connectivity index (χ4n) is 1.03. The van der Waals surface area contributed by atoms with Crippen molar-refractivity contribution >= 4 is 0 Å². The Hall–Kier alpha value is -0.110. The molecule has 0 aromatic carbocycles. The Morgan fingerprint density at radius 2 is 0.917 bits per heavy atom. The molecule has 0 aliphatic heterocycles. The zero-order chi connectivity index (χ0) is 8.95. The normalized spacial score (nSPS) is 8.00. The monoisotopic (exact) mass is 179 g/mol. The maximum atomic E-state index is 4.50. The van der Waals surface area contributed by atoms with Crippen LogP contribution in [0.25, 0.3) is 0 Å². The summed E-state index contributed by atoms with van der Waals surface area (Å²) in [6.07, 6.45) is 9.97. The van der Waals surface area contributed by atoms with Crippen LogP contribution in [-0.2, 0) is 0 Å². The lowest BCUT2D eigenvalue weighted by molar-refractivity contribution is 0.602. The minimum atomic E-state index is 0. The molecule has 78 valence electrons. The Morgan fingerprint density at radius 1 is 0.667 bits per heavy atom. The third-order valence-corrected chi connectivity index (χ3v) is 1.71. The van der Waals surface area contributed by atoms with E-state index in [0.717, 1.165) is 0 Å². The van der Waals surface area contributed by atoms with E-state index in [-0.39, 0.29) is 4.70 Å². The second-order valence-electron chi connectivity index (χ2n) is 2.77. The molecule has 0 aliphatic rings. The molecule has 0 heterocycles. The van der Waals surface area contributed by atoms with Crippen LogP contribution >= 0.6 is 0 Å². The van der Waals surface area contributed by atoms with E-state index in [1.807, 2.05) is 0 Å². The summed E-state index contributed by atoms with van der Waals surface area (Å²) in [7, 11) is 1.50. The third kappa shape index (κ3) is 22.5. The van der Waals surface area contributed by atoms with Gasteiger partial charge >= 0.3 is 0 Å². The number of halogens is 1. The Kier molecular flexibility index (Phi) is 33.4. The van der Waals surface area contributed by atoms with Crippen molar-refractivity contribution in [2.45, 2.75) is 58.8 Å². The molecule has 0 spiro atoms. The molecule has 0 unspecified atom stereocenters. The van der Waals surface area contributed by atoms with Gasteiger partial charge in [-0.25, -0.2) is 0 Å². The maximum Gasteiger partial charge on any atom is -0.0195 e. The molecule has 0 rings (SSSR count). The second kappa shape index (κ2) is 22.4. The number of hydrogen-bond donors (Lipinski definition) is 1.